The number of rotatable bonds is 4. The van der Waals surface area contributed by atoms with E-state index in [0.29, 0.717) is 5.92 Å². The molecule has 1 saturated heterocycles. The van der Waals surface area contributed by atoms with Gasteiger partial charge in [-0.1, -0.05) is 18.5 Å². The third-order valence-corrected chi connectivity index (χ3v) is 3.41. The summed E-state index contributed by atoms with van der Waals surface area (Å²) in [7, 11) is 0. The molecule has 0 spiro atoms. The molecule has 2 nitrogen and oxygen atoms in total. The monoisotopic (exact) mass is 239 g/mol. The molecule has 0 aliphatic carbocycles. The molecule has 1 atom stereocenters. The number of hydrogen-bond acceptors (Lipinski definition) is 2. The topological polar surface area (TPSA) is 21.3 Å². The van der Waals surface area contributed by atoms with Crippen LogP contribution in [-0.4, -0.2) is 19.7 Å². The first-order chi connectivity index (χ1) is 7.79. The molecule has 0 radical (unpaired) electrons. The van der Waals surface area contributed by atoms with Gasteiger partial charge in [0.25, 0.3) is 0 Å². The van der Waals surface area contributed by atoms with E-state index in [2.05, 4.69) is 12.2 Å². The molecule has 1 aromatic rings. The molecule has 1 heterocycles. The van der Waals surface area contributed by atoms with Crippen LogP contribution in [0.25, 0.3) is 0 Å². The summed E-state index contributed by atoms with van der Waals surface area (Å²) in [5.74, 6) is 1.59. The highest BCUT2D eigenvalue weighted by Crippen LogP contribution is 2.23. The van der Waals surface area contributed by atoms with Crippen molar-refractivity contribution in [3.63, 3.8) is 0 Å². The lowest BCUT2D eigenvalue weighted by Gasteiger charge is -2.12. The minimum Gasteiger partial charge on any atom is -0.493 e. The molecule has 1 aliphatic heterocycles. The van der Waals surface area contributed by atoms with Crippen molar-refractivity contribution in [2.75, 3.05) is 19.7 Å². The van der Waals surface area contributed by atoms with Crippen molar-refractivity contribution in [3.8, 4) is 5.75 Å². The van der Waals surface area contributed by atoms with Gasteiger partial charge >= 0.3 is 0 Å². The van der Waals surface area contributed by atoms with E-state index in [-0.39, 0.29) is 0 Å². The van der Waals surface area contributed by atoms with Crippen molar-refractivity contribution >= 4 is 11.6 Å². The highest BCUT2D eigenvalue weighted by molar-refractivity contribution is 6.31. The Morgan fingerprint density at radius 3 is 3.06 bits per heavy atom. The Morgan fingerprint density at radius 2 is 2.38 bits per heavy atom. The van der Waals surface area contributed by atoms with Crippen molar-refractivity contribution in [1.29, 1.82) is 0 Å². The van der Waals surface area contributed by atoms with Crippen molar-refractivity contribution in [1.82, 2.24) is 5.32 Å². The predicted molar refractivity (Wildman–Crippen MR) is 67.3 cm³/mol. The van der Waals surface area contributed by atoms with Crippen LogP contribution in [0.3, 0.4) is 0 Å². The number of benzene rings is 1. The Morgan fingerprint density at radius 1 is 1.50 bits per heavy atom. The molecule has 0 saturated carbocycles. The average Bonchev–Trinajstić information content (AvgIpc) is 2.81. The van der Waals surface area contributed by atoms with Crippen LogP contribution in [0.5, 0.6) is 5.75 Å². The lowest BCUT2D eigenvalue weighted by molar-refractivity contribution is 0.260. The van der Waals surface area contributed by atoms with Gasteiger partial charge < -0.3 is 10.1 Å². The third kappa shape index (κ3) is 2.89. The molecule has 2 rings (SSSR count). The van der Waals surface area contributed by atoms with Gasteiger partial charge in [-0.2, -0.15) is 0 Å². The molecule has 0 bridgehead atoms. The fourth-order valence-corrected chi connectivity index (χ4v) is 2.23. The Kier molecular flexibility index (Phi) is 4.08. The van der Waals surface area contributed by atoms with Gasteiger partial charge in [0.1, 0.15) is 5.75 Å². The van der Waals surface area contributed by atoms with Crippen molar-refractivity contribution in [3.05, 3.63) is 28.8 Å². The minimum atomic E-state index is 0.653. The van der Waals surface area contributed by atoms with Crippen LogP contribution >= 0.6 is 11.6 Å². The van der Waals surface area contributed by atoms with Crippen LogP contribution in [0.15, 0.2) is 18.2 Å². The summed E-state index contributed by atoms with van der Waals surface area (Å²) >= 11 is 6.06. The Hall–Kier alpha value is -0.730. The fourth-order valence-electron chi connectivity index (χ4n) is 1.98. The van der Waals surface area contributed by atoms with Crippen molar-refractivity contribution in [2.45, 2.75) is 19.8 Å². The summed E-state index contributed by atoms with van der Waals surface area (Å²) in [5, 5.41) is 4.17. The lowest BCUT2D eigenvalue weighted by Crippen LogP contribution is -2.15. The minimum absolute atomic E-state index is 0.653. The number of aryl methyl sites for hydroxylation is 1. The van der Waals surface area contributed by atoms with Gasteiger partial charge in [-0.15, -0.1) is 0 Å². The van der Waals surface area contributed by atoms with Crippen LogP contribution in [0, 0.1) is 5.92 Å². The van der Waals surface area contributed by atoms with Crippen LogP contribution in [0.1, 0.15) is 18.9 Å². The maximum atomic E-state index is 6.06. The van der Waals surface area contributed by atoms with Gasteiger partial charge in [0, 0.05) is 17.5 Å². The van der Waals surface area contributed by atoms with E-state index < -0.39 is 0 Å². The summed E-state index contributed by atoms with van der Waals surface area (Å²) in [4.78, 5) is 0. The van der Waals surface area contributed by atoms with Crippen LogP contribution in [0.4, 0.5) is 0 Å². The van der Waals surface area contributed by atoms with E-state index in [0.717, 1.165) is 42.5 Å². The van der Waals surface area contributed by atoms with E-state index in [1.807, 2.05) is 18.2 Å². The van der Waals surface area contributed by atoms with Gasteiger partial charge in [0.05, 0.1) is 6.61 Å². The van der Waals surface area contributed by atoms with E-state index in [4.69, 9.17) is 16.3 Å². The molecule has 3 heteroatoms. The van der Waals surface area contributed by atoms with E-state index in [1.165, 1.54) is 6.42 Å². The second-order valence-corrected chi connectivity index (χ2v) is 4.68. The van der Waals surface area contributed by atoms with Crippen molar-refractivity contribution in [2.24, 2.45) is 5.92 Å². The zero-order valence-corrected chi connectivity index (χ0v) is 10.4. The molecule has 0 aromatic heterocycles. The first-order valence-electron chi connectivity index (χ1n) is 5.91. The number of halogens is 1. The van der Waals surface area contributed by atoms with Crippen molar-refractivity contribution < 1.29 is 4.74 Å². The highest BCUT2D eigenvalue weighted by Gasteiger charge is 2.14. The van der Waals surface area contributed by atoms with E-state index in [9.17, 15) is 0 Å². The molecule has 0 amide bonds. The molecule has 1 aromatic carbocycles. The maximum absolute atomic E-state index is 6.06. The van der Waals surface area contributed by atoms with Gasteiger partial charge in [0.15, 0.2) is 0 Å². The first-order valence-corrected chi connectivity index (χ1v) is 6.29. The molecular formula is C13H18ClNO. The molecule has 1 fully saturated rings. The summed E-state index contributed by atoms with van der Waals surface area (Å²) in [5.41, 5.74) is 1.16. The normalized spacial score (nSPS) is 20.0. The van der Waals surface area contributed by atoms with Gasteiger partial charge in [-0.3, -0.25) is 0 Å². The standard InChI is InChI=1S/C13H18ClNO/c1-2-11-7-12(3-4-13(11)14)16-9-10-5-6-15-8-10/h3-4,7,10,15H,2,5-6,8-9H2,1H3/t10-/m1/s1. The Bertz CT molecular complexity index is 348. The molecule has 16 heavy (non-hydrogen) atoms. The van der Waals surface area contributed by atoms with E-state index in [1.54, 1.807) is 0 Å². The molecule has 0 unspecified atom stereocenters. The summed E-state index contributed by atoms with van der Waals surface area (Å²) in [6, 6.07) is 5.91. The van der Waals surface area contributed by atoms with Crippen LogP contribution in [0.2, 0.25) is 5.02 Å². The highest BCUT2D eigenvalue weighted by atomic mass is 35.5. The first kappa shape index (κ1) is 11.7. The molecular weight excluding hydrogens is 222 g/mol. The van der Waals surface area contributed by atoms with Gasteiger partial charge in [-0.25, -0.2) is 0 Å². The fraction of sp³-hybridized carbons (Fsp3) is 0.538. The zero-order valence-electron chi connectivity index (χ0n) is 9.63. The summed E-state index contributed by atoms with van der Waals surface area (Å²) < 4.78 is 5.79. The maximum Gasteiger partial charge on any atom is 0.119 e. The van der Waals surface area contributed by atoms with Crippen LogP contribution in [-0.2, 0) is 6.42 Å². The zero-order chi connectivity index (χ0) is 11.4. The van der Waals surface area contributed by atoms with Gasteiger partial charge in [0.2, 0.25) is 0 Å². The van der Waals surface area contributed by atoms with E-state index >= 15 is 0 Å². The lowest BCUT2D eigenvalue weighted by atomic mass is 10.1. The second-order valence-electron chi connectivity index (χ2n) is 4.28. The SMILES string of the molecule is CCc1cc(OC[C@@H]2CCNC2)ccc1Cl. The number of nitrogens with one attached hydrogen (secondary N) is 1. The summed E-state index contributed by atoms with van der Waals surface area (Å²) in [6.07, 6.45) is 2.16. The number of ether oxygens (including phenoxy) is 1. The largest absolute Gasteiger partial charge is 0.493 e. The smallest absolute Gasteiger partial charge is 0.119 e. The van der Waals surface area contributed by atoms with Gasteiger partial charge in [-0.05, 0) is 43.1 Å². The van der Waals surface area contributed by atoms with Crippen LogP contribution < -0.4 is 10.1 Å². The molecule has 1 N–H and O–H groups in total. The Balaban J connectivity index is 1.93. The predicted octanol–water partition coefficient (Wildman–Crippen LogP) is 2.89. The molecule has 1 aliphatic rings. The Labute approximate surface area is 102 Å². The quantitative estimate of drug-likeness (QED) is 0.873. The average molecular weight is 240 g/mol. The molecule has 88 valence electrons. The summed E-state index contributed by atoms with van der Waals surface area (Å²) in [6.45, 7) is 5.10. The number of hydrogen-bond donors (Lipinski definition) is 1. The second kappa shape index (κ2) is 5.55. The third-order valence-electron chi connectivity index (χ3n) is 3.05.